The van der Waals surface area contributed by atoms with Crippen LogP contribution in [-0.4, -0.2) is 18.0 Å². The molecular weight excluding hydrogens is 242 g/mol. The maximum Gasteiger partial charge on any atom is 0.257 e. The molecule has 0 saturated carbocycles. The van der Waals surface area contributed by atoms with Crippen LogP contribution < -0.4 is 15.8 Å². The van der Waals surface area contributed by atoms with Crippen LogP contribution in [0.15, 0.2) is 36.5 Å². The van der Waals surface area contributed by atoms with E-state index in [9.17, 15) is 4.79 Å². The lowest BCUT2D eigenvalue weighted by Gasteiger charge is -2.10. The van der Waals surface area contributed by atoms with Gasteiger partial charge in [0.25, 0.3) is 5.91 Å². The smallest absolute Gasteiger partial charge is 0.257 e. The molecule has 0 aliphatic carbocycles. The van der Waals surface area contributed by atoms with Gasteiger partial charge < -0.3 is 15.8 Å². The van der Waals surface area contributed by atoms with Crippen LogP contribution in [0.1, 0.15) is 16.1 Å². The third kappa shape index (κ3) is 3.01. The molecule has 1 aromatic heterocycles. The third-order valence-electron chi connectivity index (χ3n) is 2.68. The van der Waals surface area contributed by atoms with Gasteiger partial charge in [-0.1, -0.05) is 0 Å². The molecule has 1 amide bonds. The highest BCUT2D eigenvalue weighted by Crippen LogP contribution is 2.24. The largest absolute Gasteiger partial charge is 0.497 e. The Morgan fingerprint density at radius 2 is 2.11 bits per heavy atom. The van der Waals surface area contributed by atoms with Crippen molar-refractivity contribution >= 4 is 17.3 Å². The summed E-state index contributed by atoms with van der Waals surface area (Å²) in [6.45, 7) is 1.86. The van der Waals surface area contributed by atoms with Crippen molar-refractivity contribution in [1.82, 2.24) is 4.98 Å². The minimum absolute atomic E-state index is 0.257. The summed E-state index contributed by atoms with van der Waals surface area (Å²) < 4.78 is 5.09. The van der Waals surface area contributed by atoms with Gasteiger partial charge in [-0.15, -0.1) is 0 Å². The number of nitrogens with two attached hydrogens (primary N) is 1. The van der Waals surface area contributed by atoms with Gasteiger partial charge >= 0.3 is 0 Å². The number of carbonyl (C=O) groups is 1. The van der Waals surface area contributed by atoms with Gasteiger partial charge in [0, 0.05) is 18.0 Å². The summed E-state index contributed by atoms with van der Waals surface area (Å²) in [6.07, 6.45) is 1.53. The highest BCUT2D eigenvalue weighted by molar-refractivity contribution is 6.05. The first kappa shape index (κ1) is 12.9. The quantitative estimate of drug-likeness (QED) is 0.827. The van der Waals surface area contributed by atoms with E-state index in [0.29, 0.717) is 22.7 Å². The molecule has 0 atom stereocenters. The van der Waals surface area contributed by atoms with E-state index in [-0.39, 0.29) is 5.91 Å². The number of methoxy groups -OCH3 is 1. The van der Waals surface area contributed by atoms with Gasteiger partial charge in [-0.3, -0.25) is 9.78 Å². The summed E-state index contributed by atoms with van der Waals surface area (Å²) >= 11 is 0. The fraction of sp³-hybridized carbons (Fsp3) is 0.143. The lowest BCUT2D eigenvalue weighted by atomic mass is 10.2. The number of hydrogen-bond donors (Lipinski definition) is 2. The van der Waals surface area contributed by atoms with E-state index in [4.69, 9.17) is 10.5 Å². The first-order valence-corrected chi connectivity index (χ1v) is 5.77. The molecule has 0 radical (unpaired) electrons. The van der Waals surface area contributed by atoms with Crippen molar-refractivity contribution in [1.29, 1.82) is 0 Å². The molecule has 19 heavy (non-hydrogen) atoms. The molecule has 0 saturated heterocycles. The Kier molecular flexibility index (Phi) is 3.66. The van der Waals surface area contributed by atoms with Gasteiger partial charge in [0.2, 0.25) is 0 Å². The molecule has 3 N–H and O–H groups in total. The zero-order chi connectivity index (χ0) is 13.8. The molecule has 0 spiro atoms. The molecular formula is C14H15N3O2. The highest BCUT2D eigenvalue weighted by Gasteiger charge is 2.09. The number of hydrogen-bond acceptors (Lipinski definition) is 4. The molecule has 1 aromatic carbocycles. The molecule has 1 heterocycles. The standard InChI is InChI=1S/C14H15N3O2/c1-9-3-4-10(8-16-9)14(18)17-13-7-11(19-2)5-6-12(13)15/h3-8H,15H2,1-2H3,(H,17,18). The van der Waals surface area contributed by atoms with Crippen molar-refractivity contribution in [3.05, 3.63) is 47.8 Å². The summed E-state index contributed by atoms with van der Waals surface area (Å²) in [5.41, 5.74) is 8.15. The van der Waals surface area contributed by atoms with E-state index in [1.807, 2.05) is 6.92 Å². The molecule has 0 fully saturated rings. The van der Waals surface area contributed by atoms with Crippen molar-refractivity contribution in [2.24, 2.45) is 0 Å². The minimum Gasteiger partial charge on any atom is -0.497 e. The summed E-state index contributed by atoms with van der Waals surface area (Å²) in [5.74, 6) is 0.374. The highest BCUT2D eigenvalue weighted by atomic mass is 16.5. The van der Waals surface area contributed by atoms with Crippen molar-refractivity contribution in [2.75, 3.05) is 18.2 Å². The van der Waals surface area contributed by atoms with Gasteiger partial charge in [0.1, 0.15) is 5.75 Å². The molecule has 0 aliphatic heterocycles. The topological polar surface area (TPSA) is 77.2 Å². The van der Waals surface area contributed by atoms with Crippen molar-refractivity contribution in [3.8, 4) is 5.75 Å². The lowest BCUT2D eigenvalue weighted by Crippen LogP contribution is -2.13. The number of nitrogens with zero attached hydrogens (tertiary/aromatic N) is 1. The number of nitrogens with one attached hydrogen (secondary N) is 1. The second-order valence-corrected chi connectivity index (χ2v) is 4.10. The zero-order valence-electron chi connectivity index (χ0n) is 10.8. The third-order valence-corrected chi connectivity index (χ3v) is 2.68. The van der Waals surface area contributed by atoms with E-state index in [1.165, 1.54) is 6.20 Å². The first-order valence-electron chi connectivity index (χ1n) is 5.77. The number of benzene rings is 1. The normalized spacial score (nSPS) is 10.0. The Labute approximate surface area is 111 Å². The van der Waals surface area contributed by atoms with E-state index in [0.717, 1.165) is 5.69 Å². The average molecular weight is 257 g/mol. The van der Waals surface area contributed by atoms with Crippen molar-refractivity contribution in [3.63, 3.8) is 0 Å². The lowest BCUT2D eigenvalue weighted by molar-refractivity contribution is 0.102. The van der Waals surface area contributed by atoms with Crippen LogP contribution in [0.2, 0.25) is 0 Å². The number of rotatable bonds is 3. The summed E-state index contributed by atoms with van der Waals surface area (Å²) in [7, 11) is 1.56. The van der Waals surface area contributed by atoms with E-state index in [2.05, 4.69) is 10.3 Å². The molecule has 2 rings (SSSR count). The van der Waals surface area contributed by atoms with Crippen LogP contribution in [0.25, 0.3) is 0 Å². The van der Waals surface area contributed by atoms with Gasteiger partial charge in [-0.05, 0) is 31.2 Å². The first-order chi connectivity index (χ1) is 9.10. The Bertz CT molecular complexity index is 594. The van der Waals surface area contributed by atoms with Crippen LogP contribution in [0, 0.1) is 6.92 Å². The Balaban J connectivity index is 2.21. The molecule has 98 valence electrons. The van der Waals surface area contributed by atoms with Crippen LogP contribution in [0.3, 0.4) is 0 Å². The Morgan fingerprint density at radius 1 is 1.32 bits per heavy atom. The SMILES string of the molecule is COc1ccc(N)c(NC(=O)c2ccc(C)nc2)c1. The predicted octanol–water partition coefficient (Wildman–Crippen LogP) is 2.23. The van der Waals surface area contributed by atoms with Crippen molar-refractivity contribution < 1.29 is 9.53 Å². The number of anilines is 2. The molecule has 5 nitrogen and oxygen atoms in total. The number of aromatic nitrogens is 1. The van der Waals surface area contributed by atoms with Crippen LogP contribution >= 0.6 is 0 Å². The Hall–Kier alpha value is -2.56. The molecule has 5 heteroatoms. The monoisotopic (exact) mass is 257 g/mol. The Morgan fingerprint density at radius 3 is 2.74 bits per heavy atom. The van der Waals surface area contributed by atoms with Crippen LogP contribution in [0.5, 0.6) is 5.75 Å². The fourth-order valence-corrected chi connectivity index (χ4v) is 1.57. The number of ether oxygens (including phenoxy) is 1. The summed E-state index contributed by atoms with van der Waals surface area (Å²) in [6, 6.07) is 8.59. The number of nitrogen functional groups attached to an aromatic ring is 1. The fourth-order valence-electron chi connectivity index (χ4n) is 1.57. The number of carbonyl (C=O) groups excluding carboxylic acids is 1. The second-order valence-electron chi connectivity index (χ2n) is 4.10. The average Bonchev–Trinajstić information content (AvgIpc) is 2.42. The zero-order valence-corrected chi connectivity index (χ0v) is 10.8. The van der Waals surface area contributed by atoms with E-state index < -0.39 is 0 Å². The van der Waals surface area contributed by atoms with E-state index in [1.54, 1.807) is 37.4 Å². The van der Waals surface area contributed by atoms with Crippen molar-refractivity contribution in [2.45, 2.75) is 6.92 Å². The van der Waals surface area contributed by atoms with Gasteiger partial charge in [-0.25, -0.2) is 0 Å². The molecule has 0 aliphatic rings. The molecule has 0 bridgehead atoms. The van der Waals surface area contributed by atoms with Crippen LogP contribution in [-0.2, 0) is 0 Å². The van der Waals surface area contributed by atoms with Crippen LogP contribution in [0.4, 0.5) is 11.4 Å². The maximum absolute atomic E-state index is 12.0. The summed E-state index contributed by atoms with van der Waals surface area (Å²) in [4.78, 5) is 16.1. The van der Waals surface area contributed by atoms with Gasteiger partial charge in [-0.2, -0.15) is 0 Å². The summed E-state index contributed by atoms with van der Waals surface area (Å²) in [5, 5.41) is 2.74. The van der Waals surface area contributed by atoms with Gasteiger partial charge in [0.15, 0.2) is 0 Å². The maximum atomic E-state index is 12.0. The second kappa shape index (κ2) is 5.39. The predicted molar refractivity (Wildman–Crippen MR) is 74.3 cm³/mol. The molecule has 2 aromatic rings. The number of aryl methyl sites for hydroxylation is 1. The number of amides is 1. The minimum atomic E-state index is -0.257. The van der Waals surface area contributed by atoms with E-state index >= 15 is 0 Å². The number of pyridine rings is 1. The van der Waals surface area contributed by atoms with Gasteiger partial charge in [0.05, 0.1) is 24.0 Å². The molecule has 0 unspecified atom stereocenters.